The molecule has 0 bridgehead atoms. The van der Waals surface area contributed by atoms with Gasteiger partial charge in [-0.2, -0.15) is 0 Å². The van der Waals surface area contributed by atoms with E-state index in [1.54, 1.807) is 18.3 Å². The minimum Gasteiger partial charge on any atom is -0.462 e. The summed E-state index contributed by atoms with van der Waals surface area (Å²) in [5.41, 5.74) is 3.71. The molecule has 0 saturated heterocycles. The molecule has 0 radical (unpaired) electrons. The van der Waals surface area contributed by atoms with Crippen LogP contribution in [0.1, 0.15) is 43.0 Å². The number of carbonyl (C=O) groups is 2. The zero-order valence-electron chi connectivity index (χ0n) is 20.7. The standard InChI is InChI=1S/C29H25N3O3S3/c1-2-35-29(34)25-19-14-15-32(16-18-8-4-3-5-9-18)17-24(19)38-28(25)31-26(33)22-12-13-23(36-22)27-30-20-10-6-7-11-21(20)37-27/h3-13H,2,14-17H2,1H3,(H,31,33). The number of carbonyl (C=O) groups excluding carboxylic acids is 2. The summed E-state index contributed by atoms with van der Waals surface area (Å²) in [5, 5.41) is 4.49. The summed E-state index contributed by atoms with van der Waals surface area (Å²) in [6, 6.07) is 22.2. The number of hydrogen-bond donors (Lipinski definition) is 1. The second kappa shape index (κ2) is 10.8. The van der Waals surface area contributed by atoms with Gasteiger partial charge in [-0.25, -0.2) is 9.78 Å². The molecule has 6 rings (SSSR count). The fourth-order valence-corrected chi connectivity index (χ4v) is 7.85. The van der Waals surface area contributed by atoms with E-state index in [0.29, 0.717) is 15.4 Å². The second-order valence-corrected chi connectivity index (χ2v) is 12.2. The summed E-state index contributed by atoms with van der Waals surface area (Å²) in [5.74, 6) is -0.606. The largest absolute Gasteiger partial charge is 0.462 e. The van der Waals surface area contributed by atoms with Crippen molar-refractivity contribution < 1.29 is 14.3 Å². The monoisotopic (exact) mass is 559 g/mol. The number of fused-ring (bicyclic) bond motifs is 2. The first kappa shape index (κ1) is 24.9. The van der Waals surface area contributed by atoms with Crippen LogP contribution in [0.15, 0.2) is 66.7 Å². The molecule has 1 amide bonds. The van der Waals surface area contributed by atoms with Gasteiger partial charge < -0.3 is 10.1 Å². The molecule has 9 heteroatoms. The third kappa shape index (κ3) is 5.02. The Morgan fingerprint density at radius 1 is 1.00 bits per heavy atom. The number of nitrogens with one attached hydrogen (secondary N) is 1. The lowest BCUT2D eigenvalue weighted by molar-refractivity contribution is 0.0526. The first-order chi connectivity index (χ1) is 18.6. The van der Waals surface area contributed by atoms with Gasteiger partial charge in [0.25, 0.3) is 5.91 Å². The van der Waals surface area contributed by atoms with E-state index in [9.17, 15) is 9.59 Å². The highest BCUT2D eigenvalue weighted by Crippen LogP contribution is 2.39. The molecule has 5 aromatic rings. The van der Waals surface area contributed by atoms with Gasteiger partial charge in [-0.1, -0.05) is 42.5 Å². The lowest BCUT2D eigenvalue weighted by Crippen LogP contribution is -2.29. The second-order valence-electron chi connectivity index (χ2n) is 8.98. The highest BCUT2D eigenvalue weighted by molar-refractivity contribution is 7.26. The van der Waals surface area contributed by atoms with Gasteiger partial charge in [-0.05, 0) is 48.7 Å². The first-order valence-corrected chi connectivity index (χ1v) is 14.9. The normalized spacial score (nSPS) is 13.4. The molecular formula is C29H25N3O3S3. The van der Waals surface area contributed by atoms with Gasteiger partial charge in [0, 0.05) is 24.5 Å². The molecule has 192 valence electrons. The zero-order valence-corrected chi connectivity index (χ0v) is 23.2. The number of rotatable bonds is 7. The van der Waals surface area contributed by atoms with Crippen molar-refractivity contribution in [3.05, 3.63) is 93.2 Å². The van der Waals surface area contributed by atoms with Crippen molar-refractivity contribution >= 4 is 61.1 Å². The Labute approximate surface area is 232 Å². The van der Waals surface area contributed by atoms with E-state index in [0.717, 1.165) is 56.6 Å². The molecule has 4 heterocycles. The number of amides is 1. The van der Waals surface area contributed by atoms with Crippen molar-refractivity contribution in [1.82, 2.24) is 9.88 Å². The predicted octanol–water partition coefficient (Wildman–Crippen LogP) is 7.07. The van der Waals surface area contributed by atoms with E-state index in [4.69, 9.17) is 9.72 Å². The van der Waals surface area contributed by atoms with Crippen LogP contribution >= 0.6 is 34.0 Å². The number of thiophene rings is 2. The number of aromatic nitrogens is 1. The highest BCUT2D eigenvalue weighted by Gasteiger charge is 2.30. The van der Waals surface area contributed by atoms with Gasteiger partial charge in [0.05, 0.1) is 32.1 Å². The van der Waals surface area contributed by atoms with Crippen LogP contribution in [0.2, 0.25) is 0 Å². The van der Waals surface area contributed by atoms with Gasteiger partial charge in [-0.15, -0.1) is 34.0 Å². The molecule has 38 heavy (non-hydrogen) atoms. The predicted molar refractivity (Wildman–Crippen MR) is 155 cm³/mol. The van der Waals surface area contributed by atoms with Crippen molar-refractivity contribution in [3.63, 3.8) is 0 Å². The summed E-state index contributed by atoms with van der Waals surface area (Å²) < 4.78 is 6.51. The van der Waals surface area contributed by atoms with Gasteiger partial charge in [0.1, 0.15) is 10.0 Å². The van der Waals surface area contributed by atoms with Crippen molar-refractivity contribution in [2.45, 2.75) is 26.4 Å². The fourth-order valence-electron chi connectivity index (χ4n) is 4.66. The van der Waals surface area contributed by atoms with Gasteiger partial charge in [0.15, 0.2) is 0 Å². The number of nitrogens with zero attached hydrogens (tertiary/aromatic N) is 2. The van der Waals surface area contributed by atoms with Crippen LogP contribution in [-0.4, -0.2) is 34.9 Å². The number of thiazole rings is 1. The minimum absolute atomic E-state index is 0.229. The third-order valence-corrected chi connectivity index (χ3v) is 9.85. The van der Waals surface area contributed by atoms with Crippen molar-refractivity contribution in [2.24, 2.45) is 0 Å². The van der Waals surface area contributed by atoms with E-state index in [2.05, 4.69) is 34.5 Å². The number of hydrogen-bond acceptors (Lipinski definition) is 8. The Balaban J connectivity index is 1.24. The minimum atomic E-state index is -0.377. The highest BCUT2D eigenvalue weighted by atomic mass is 32.1. The molecule has 1 aliphatic rings. The van der Waals surface area contributed by atoms with Gasteiger partial charge in [0.2, 0.25) is 0 Å². The molecule has 0 atom stereocenters. The van der Waals surface area contributed by atoms with Crippen LogP contribution in [0.4, 0.5) is 5.00 Å². The summed E-state index contributed by atoms with van der Waals surface area (Å²) in [6.45, 7) is 4.50. The maximum atomic E-state index is 13.3. The molecule has 0 saturated carbocycles. The number of esters is 1. The van der Waals surface area contributed by atoms with Crippen LogP contribution in [0.25, 0.3) is 20.1 Å². The fraction of sp³-hybridized carbons (Fsp3) is 0.207. The van der Waals surface area contributed by atoms with E-state index in [1.807, 2.05) is 42.5 Å². The van der Waals surface area contributed by atoms with Crippen molar-refractivity contribution in [3.8, 4) is 9.88 Å². The number of anilines is 1. The Morgan fingerprint density at radius 3 is 2.63 bits per heavy atom. The van der Waals surface area contributed by atoms with Crippen LogP contribution in [-0.2, 0) is 24.2 Å². The van der Waals surface area contributed by atoms with Crippen LogP contribution in [0, 0.1) is 0 Å². The van der Waals surface area contributed by atoms with Crippen LogP contribution < -0.4 is 5.32 Å². The molecule has 6 nitrogen and oxygen atoms in total. The molecule has 2 aromatic carbocycles. The maximum absolute atomic E-state index is 13.3. The van der Waals surface area contributed by atoms with Crippen molar-refractivity contribution in [2.75, 3.05) is 18.5 Å². The summed E-state index contributed by atoms with van der Waals surface area (Å²) >= 11 is 4.50. The lowest BCUT2D eigenvalue weighted by Gasteiger charge is -2.27. The van der Waals surface area contributed by atoms with Crippen molar-refractivity contribution in [1.29, 1.82) is 0 Å². The Hall–Kier alpha value is -3.37. The van der Waals surface area contributed by atoms with E-state index in [1.165, 1.54) is 28.2 Å². The molecule has 0 fully saturated rings. The molecule has 0 unspecified atom stereocenters. The molecule has 1 N–H and O–H groups in total. The average Bonchev–Trinajstić information content (AvgIpc) is 3.65. The number of para-hydroxylation sites is 1. The Bertz CT molecular complexity index is 1590. The molecule has 0 aliphatic carbocycles. The smallest absolute Gasteiger partial charge is 0.341 e. The van der Waals surface area contributed by atoms with E-state index >= 15 is 0 Å². The van der Waals surface area contributed by atoms with Gasteiger partial charge in [-0.3, -0.25) is 9.69 Å². The van der Waals surface area contributed by atoms with E-state index < -0.39 is 0 Å². The maximum Gasteiger partial charge on any atom is 0.341 e. The average molecular weight is 560 g/mol. The number of benzene rings is 2. The molecule has 1 aliphatic heterocycles. The van der Waals surface area contributed by atoms with E-state index in [-0.39, 0.29) is 18.5 Å². The van der Waals surface area contributed by atoms with Crippen LogP contribution in [0.5, 0.6) is 0 Å². The third-order valence-electron chi connectivity index (χ3n) is 6.43. The summed E-state index contributed by atoms with van der Waals surface area (Å²) in [7, 11) is 0. The van der Waals surface area contributed by atoms with Gasteiger partial charge >= 0.3 is 5.97 Å². The zero-order chi connectivity index (χ0) is 26.1. The molecule has 3 aromatic heterocycles. The number of ether oxygens (including phenoxy) is 1. The summed E-state index contributed by atoms with van der Waals surface area (Å²) in [4.78, 5) is 36.0. The lowest BCUT2D eigenvalue weighted by atomic mass is 10.0. The topological polar surface area (TPSA) is 71.5 Å². The molecular weight excluding hydrogens is 535 g/mol. The van der Waals surface area contributed by atoms with Crippen LogP contribution in [0.3, 0.4) is 0 Å². The quantitative estimate of drug-likeness (QED) is 0.216. The molecule has 0 spiro atoms. The Morgan fingerprint density at radius 2 is 1.82 bits per heavy atom. The first-order valence-electron chi connectivity index (χ1n) is 12.4. The summed E-state index contributed by atoms with van der Waals surface area (Å²) in [6.07, 6.45) is 0.740. The SMILES string of the molecule is CCOC(=O)c1c(NC(=O)c2ccc(-c3nc4ccccc4s3)s2)sc2c1CCN(Cc1ccccc1)C2. The Kier molecular flexibility index (Phi) is 7.08.